The van der Waals surface area contributed by atoms with Crippen LogP contribution in [0.5, 0.6) is 0 Å². The molecule has 0 amide bonds. The summed E-state index contributed by atoms with van der Waals surface area (Å²) in [4.78, 5) is 30.4. The van der Waals surface area contributed by atoms with Gasteiger partial charge in [0.1, 0.15) is 0 Å². The van der Waals surface area contributed by atoms with Crippen molar-refractivity contribution in [1.29, 1.82) is 0 Å². The van der Waals surface area contributed by atoms with E-state index in [1.54, 1.807) is 6.20 Å². The van der Waals surface area contributed by atoms with Gasteiger partial charge in [-0.3, -0.25) is 10.1 Å². The van der Waals surface area contributed by atoms with Crippen molar-refractivity contribution >= 4 is 28.6 Å². The number of carbonyl (C=O) groups is 1. The first-order chi connectivity index (χ1) is 14.2. The van der Waals surface area contributed by atoms with Crippen molar-refractivity contribution in [2.24, 2.45) is 5.92 Å². The molecule has 1 unspecified atom stereocenters. The van der Waals surface area contributed by atoms with Gasteiger partial charge in [-0.1, -0.05) is 55.5 Å². The lowest BCUT2D eigenvalue weighted by Gasteiger charge is -2.19. The summed E-state index contributed by atoms with van der Waals surface area (Å²) in [6.45, 7) is 2.06. The van der Waals surface area contributed by atoms with Gasteiger partial charge in [0.15, 0.2) is 5.78 Å². The van der Waals surface area contributed by atoms with Crippen LogP contribution in [-0.2, 0) is 6.42 Å². The van der Waals surface area contributed by atoms with Crippen molar-refractivity contribution in [2.75, 3.05) is 5.32 Å². The number of nitrogens with zero attached hydrogens (tertiary/aromatic N) is 4. The molecular formula is C23H19N5O. The maximum Gasteiger partial charge on any atom is 0.230 e. The smallest absolute Gasteiger partial charge is 0.230 e. The summed E-state index contributed by atoms with van der Waals surface area (Å²) < 4.78 is 0. The number of carbonyl (C=O) groups excluding carboxylic acids is 1. The Morgan fingerprint density at radius 2 is 1.69 bits per heavy atom. The standard InChI is InChI=1S/C23H19N5O/c1-14-11-19-17(20(29)12-14)13-24-22(26-19)28-23-25-18-10-6-5-9-16(18)21(27-23)15-7-3-2-4-8-15/h2-10,13-14H,11-12H2,1H3,(H,24,25,26,27,28). The Hall–Kier alpha value is -3.67. The topological polar surface area (TPSA) is 80.7 Å². The molecule has 1 atom stereocenters. The van der Waals surface area contributed by atoms with Crippen molar-refractivity contribution in [2.45, 2.75) is 19.8 Å². The molecule has 0 spiro atoms. The van der Waals surface area contributed by atoms with Crippen LogP contribution in [0, 0.1) is 5.92 Å². The van der Waals surface area contributed by atoms with Gasteiger partial charge in [-0.15, -0.1) is 0 Å². The Kier molecular flexibility index (Phi) is 4.24. The quantitative estimate of drug-likeness (QED) is 0.559. The minimum absolute atomic E-state index is 0.110. The highest BCUT2D eigenvalue weighted by atomic mass is 16.1. The minimum Gasteiger partial charge on any atom is -0.294 e. The monoisotopic (exact) mass is 381 g/mol. The molecule has 6 nitrogen and oxygen atoms in total. The first kappa shape index (κ1) is 17.4. The number of benzene rings is 2. The van der Waals surface area contributed by atoms with Gasteiger partial charge < -0.3 is 0 Å². The minimum atomic E-state index is 0.110. The van der Waals surface area contributed by atoms with E-state index in [-0.39, 0.29) is 5.78 Å². The number of anilines is 2. The number of fused-ring (bicyclic) bond motifs is 2. The van der Waals surface area contributed by atoms with Gasteiger partial charge in [0, 0.05) is 23.6 Å². The molecule has 0 radical (unpaired) electrons. The molecule has 6 heteroatoms. The van der Waals surface area contributed by atoms with Crippen molar-refractivity contribution < 1.29 is 4.79 Å². The predicted octanol–water partition coefficient (Wildman–Crippen LogP) is 4.60. The Labute approximate surface area is 168 Å². The average molecular weight is 381 g/mol. The molecule has 2 aromatic carbocycles. The number of ketones is 1. The van der Waals surface area contributed by atoms with Crippen LogP contribution in [0.25, 0.3) is 22.2 Å². The van der Waals surface area contributed by atoms with Crippen molar-refractivity contribution in [3.8, 4) is 11.3 Å². The molecule has 2 aromatic heterocycles. The van der Waals surface area contributed by atoms with E-state index in [1.165, 1.54) is 0 Å². The van der Waals surface area contributed by atoms with Crippen LogP contribution in [-0.4, -0.2) is 25.7 Å². The highest BCUT2D eigenvalue weighted by Crippen LogP contribution is 2.28. The predicted molar refractivity (Wildman–Crippen MR) is 112 cm³/mol. The fraction of sp³-hybridized carbons (Fsp3) is 0.174. The van der Waals surface area contributed by atoms with Gasteiger partial charge in [-0.25, -0.2) is 19.9 Å². The van der Waals surface area contributed by atoms with Crippen LogP contribution in [0.1, 0.15) is 29.4 Å². The number of Topliss-reactive ketones (excluding diaryl/α,β-unsaturated/α-hetero) is 1. The van der Waals surface area contributed by atoms with E-state index in [0.29, 0.717) is 29.8 Å². The van der Waals surface area contributed by atoms with Crippen molar-refractivity contribution in [1.82, 2.24) is 19.9 Å². The van der Waals surface area contributed by atoms with Crippen LogP contribution in [0.2, 0.25) is 0 Å². The maximum absolute atomic E-state index is 12.2. The number of nitrogens with one attached hydrogen (secondary N) is 1. The van der Waals surface area contributed by atoms with E-state index in [1.807, 2.05) is 54.6 Å². The molecule has 2 heterocycles. The second-order valence-corrected chi connectivity index (χ2v) is 7.39. The van der Waals surface area contributed by atoms with Crippen LogP contribution in [0.3, 0.4) is 0 Å². The summed E-state index contributed by atoms with van der Waals surface area (Å²) in [5.41, 5.74) is 4.11. The summed E-state index contributed by atoms with van der Waals surface area (Å²) in [6.07, 6.45) is 2.93. The Bertz CT molecular complexity index is 1220. The average Bonchev–Trinajstić information content (AvgIpc) is 2.73. The number of hydrogen-bond acceptors (Lipinski definition) is 6. The normalized spacial score (nSPS) is 15.9. The number of rotatable bonds is 3. The van der Waals surface area contributed by atoms with Crippen molar-refractivity contribution in [3.63, 3.8) is 0 Å². The zero-order valence-corrected chi connectivity index (χ0v) is 16.0. The third-order valence-electron chi connectivity index (χ3n) is 5.12. The third-order valence-corrected chi connectivity index (χ3v) is 5.12. The van der Waals surface area contributed by atoms with Crippen LogP contribution >= 0.6 is 0 Å². The van der Waals surface area contributed by atoms with E-state index in [4.69, 9.17) is 4.98 Å². The number of hydrogen-bond donors (Lipinski definition) is 1. The lowest BCUT2D eigenvalue weighted by molar-refractivity contribution is 0.0951. The van der Waals surface area contributed by atoms with E-state index < -0.39 is 0 Å². The second-order valence-electron chi connectivity index (χ2n) is 7.39. The molecular weight excluding hydrogens is 362 g/mol. The summed E-state index contributed by atoms with van der Waals surface area (Å²) in [5, 5.41) is 4.11. The summed E-state index contributed by atoms with van der Waals surface area (Å²) >= 11 is 0. The van der Waals surface area contributed by atoms with Crippen LogP contribution < -0.4 is 5.32 Å². The SMILES string of the molecule is CC1CC(=O)c2cnc(Nc3nc(-c4ccccc4)c4ccccc4n3)nc2C1. The largest absolute Gasteiger partial charge is 0.294 e. The summed E-state index contributed by atoms with van der Waals surface area (Å²) in [6, 6.07) is 17.9. The lowest BCUT2D eigenvalue weighted by Crippen LogP contribution is -2.20. The van der Waals surface area contributed by atoms with Gasteiger partial charge in [0.2, 0.25) is 11.9 Å². The highest BCUT2D eigenvalue weighted by Gasteiger charge is 2.24. The molecule has 1 aliphatic rings. The number of aromatic nitrogens is 4. The van der Waals surface area contributed by atoms with E-state index in [0.717, 1.165) is 34.3 Å². The third kappa shape index (κ3) is 3.33. The molecule has 5 rings (SSSR count). The fourth-order valence-electron chi connectivity index (χ4n) is 3.74. The Morgan fingerprint density at radius 1 is 0.897 bits per heavy atom. The van der Waals surface area contributed by atoms with Gasteiger partial charge in [-0.05, 0) is 18.4 Å². The molecule has 0 aliphatic heterocycles. The Morgan fingerprint density at radius 3 is 2.55 bits per heavy atom. The summed E-state index contributed by atoms with van der Waals surface area (Å²) in [7, 11) is 0. The van der Waals surface area contributed by atoms with E-state index in [9.17, 15) is 4.79 Å². The molecule has 29 heavy (non-hydrogen) atoms. The summed E-state index contributed by atoms with van der Waals surface area (Å²) in [5.74, 6) is 1.23. The zero-order valence-electron chi connectivity index (χ0n) is 16.0. The van der Waals surface area contributed by atoms with Gasteiger partial charge >= 0.3 is 0 Å². The van der Waals surface area contributed by atoms with Gasteiger partial charge in [-0.2, -0.15) is 0 Å². The molecule has 4 aromatic rings. The molecule has 1 aliphatic carbocycles. The van der Waals surface area contributed by atoms with Crippen LogP contribution in [0.4, 0.5) is 11.9 Å². The van der Waals surface area contributed by atoms with Gasteiger partial charge in [0.05, 0.1) is 22.5 Å². The molecule has 0 saturated carbocycles. The lowest BCUT2D eigenvalue weighted by atomic mass is 9.88. The Balaban J connectivity index is 1.56. The molecule has 142 valence electrons. The van der Waals surface area contributed by atoms with Crippen LogP contribution in [0.15, 0.2) is 60.8 Å². The van der Waals surface area contributed by atoms with E-state index in [2.05, 4.69) is 27.2 Å². The van der Waals surface area contributed by atoms with Gasteiger partial charge in [0.25, 0.3) is 0 Å². The van der Waals surface area contributed by atoms with E-state index >= 15 is 0 Å². The molecule has 1 N–H and O–H groups in total. The molecule has 0 fully saturated rings. The first-order valence-electron chi connectivity index (χ1n) is 9.66. The number of para-hydroxylation sites is 1. The second kappa shape index (κ2) is 7.05. The first-order valence-corrected chi connectivity index (χ1v) is 9.66. The maximum atomic E-state index is 12.2. The zero-order chi connectivity index (χ0) is 19.8. The molecule has 0 saturated heterocycles. The van der Waals surface area contributed by atoms with Crippen molar-refractivity contribution in [3.05, 3.63) is 72.1 Å². The molecule has 0 bridgehead atoms. The highest BCUT2D eigenvalue weighted by molar-refractivity contribution is 5.98. The fourth-order valence-corrected chi connectivity index (χ4v) is 3.74.